The normalized spacial score (nSPS) is 19.0. The first-order valence-electron chi connectivity index (χ1n) is 12.6. The molecule has 0 atom stereocenters. The molecule has 190 valence electrons. The molecule has 0 aromatic heterocycles. The third-order valence-electron chi connectivity index (χ3n) is 7.50. The molecule has 0 aliphatic carbocycles. The molecule has 0 saturated carbocycles. The first-order valence-corrected chi connectivity index (χ1v) is 14.1. The molecular formula is C27H38N4O3S. The fourth-order valence-corrected chi connectivity index (χ4v) is 6.67. The van der Waals surface area contributed by atoms with E-state index in [1.165, 1.54) is 6.07 Å². The minimum absolute atomic E-state index is 0.231. The molecule has 4 rings (SSSR count). The van der Waals surface area contributed by atoms with Crippen LogP contribution in [0.25, 0.3) is 0 Å². The molecule has 35 heavy (non-hydrogen) atoms. The molecule has 2 aliphatic heterocycles. The van der Waals surface area contributed by atoms with E-state index in [9.17, 15) is 13.2 Å². The lowest BCUT2D eigenvalue weighted by Gasteiger charge is -2.30. The summed E-state index contributed by atoms with van der Waals surface area (Å²) in [4.78, 5) is 15.9. The zero-order chi connectivity index (χ0) is 25.2. The number of nitrogens with zero attached hydrogens (tertiary/aromatic N) is 2. The smallest absolute Gasteiger partial charge is 0.255 e. The van der Waals surface area contributed by atoms with Crippen LogP contribution in [0.5, 0.6) is 0 Å². The van der Waals surface area contributed by atoms with E-state index in [0.717, 1.165) is 50.0 Å². The number of nitrogens with one attached hydrogen (secondary N) is 2. The number of anilines is 2. The van der Waals surface area contributed by atoms with Gasteiger partial charge in [-0.1, -0.05) is 19.1 Å². The molecule has 1 amide bonds. The van der Waals surface area contributed by atoms with Crippen molar-refractivity contribution in [1.29, 1.82) is 0 Å². The number of benzene rings is 2. The van der Waals surface area contributed by atoms with Gasteiger partial charge >= 0.3 is 0 Å². The zero-order valence-corrected chi connectivity index (χ0v) is 22.1. The maximum absolute atomic E-state index is 13.5. The second-order valence-corrected chi connectivity index (χ2v) is 12.1. The highest BCUT2D eigenvalue weighted by Gasteiger charge is 2.30. The van der Waals surface area contributed by atoms with Gasteiger partial charge in [0.05, 0.1) is 16.3 Å². The standard InChI is InChI=1S/C27H38N4O3S/c1-19-9-15-31(16-10-19)35(33,34)26-18-22(17-20(2)21(26)3)27(32)29-25-8-6-5-7-24(25)28-23-11-13-30(4)14-12-23/h5-8,17-19,23,28H,9-16H2,1-4H3,(H,29,32). The Morgan fingerprint density at radius 2 is 1.57 bits per heavy atom. The van der Waals surface area contributed by atoms with E-state index in [2.05, 4.69) is 29.5 Å². The van der Waals surface area contributed by atoms with E-state index in [1.807, 2.05) is 38.1 Å². The Kier molecular flexibility index (Phi) is 7.83. The largest absolute Gasteiger partial charge is 0.381 e. The van der Waals surface area contributed by atoms with Crippen LogP contribution < -0.4 is 10.6 Å². The van der Waals surface area contributed by atoms with E-state index in [-0.39, 0.29) is 10.8 Å². The zero-order valence-electron chi connectivity index (χ0n) is 21.3. The highest BCUT2D eigenvalue weighted by molar-refractivity contribution is 7.89. The van der Waals surface area contributed by atoms with Crippen molar-refractivity contribution >= 4 is 27.3 Å². The minimum Gasteiger partial charge on any atom is -0.381 e. The highest BCUT2D eigenvalue weighted by Crippen LogP contribution is 2.29. The second kappa shape index (κ2) is 10.7. The molecule has 0 bridgehead atoms. The van der Waals surface area contributed by atoms with Gasteiger partial charge in [0.1, 0.15) is 0 Å². The van der Waals surface area contributed by atoms with Gasteiger partial charge in [0.2, 0.25) is 10.0 Å². The van der Waals surface area contributed by atoms with Crippen molar-refractivity contribution in [3.63, 3.8) is 0 Å². The molecule has 2 aromatic rings. The van der Waals surface area contributed by atoms with Gasteiger partial charge in [-0.05, 0) is 101 Å². The van der Waals surface area contributed by atoms with Crippen LogP contribution in [-0.2, 0) is 10.0 Å². The summed E-state index contributed by atoms with van der Waals surface area (Å²) in [7, 11) is -1.53. The van der Waals surface area contributed by atoms with Crippen molar-refractivity contribution in [3.05, 3.63) is 53.1 Å². The number of likely N-dealkylation sites (tertiary alicyclic amines) is 1. The number of carbonyl (C=O) groups is 1. The van der Waals surface area contributed by atoms with Crippen LogP contribution in [0.3, 0.4) is 0 Å². The van der Waals surface area contributed by atoms with Crippen molar-refractivity contribution < 1.29 is 13.2 Å². The molecule has 0 unspecified atom stereocenters. The van der Waals surface area contributed by atoms with Gasteiger partial charge in [0.25, 0.3) is 5.91 Å². The number of para-hydroxylation sites is 2. The maximum atomic E-state index is 13.5. The molecule has 8 heteroatoms. The summed E-state index contributed by atoms with van der Waals surface area (Å²) in [5.74, 6) is 0.221. The summed E-state index contributed by atoms with van der Waals surface area (Å²) in [6, 6.07) is 11.4. The van der Waals surface area contributed by atoms with Crippen LogP contribution >= 0.6 is 0 Å². The first-order chi connectivity index (χ1) is 16.6. The van der Waals surface area contributed by atoms with E-state index < -0.39 is 10.0 Å². The number of hydrogen-bond acceptors (Lipinski definition) is 5. The Labute approximate surface area is 209 Å². The summed E-state index contributed by atoms with van der Waals surface area (Å²) in [5, 5.41) is 6.60. The van der Waals surface area contributed by atoms with Gasteiger partial charge in [-0.15, -0.1) is 0 Å². The van der Waals surface area contributed by atoms with Crippen LogP contribution in [0.1, 0.15) is 54.1 Å². The van der Waals surface area contributed by atoms with Gasteiger partial charge in [-0.2, -0.15) is 4.31 Å². The SMILES string of the molecule is Cc1cc(C(=O)Nc2ccccc2NC2CCN(C)CC2)cc(S(=O)(=O)N2CCC(C)CC2)c1C. The third-order valence-corrected chi connectivity index (χ3v) is 9.52. The molecule has 2 aliphatic rings. The summed E-state index contributed by atoms with van der Waals surface area (Å²) in [6.07, 6.45) is 3.82. The molecular weight excluding hydrogens is 460 g/mol. The molecule has 2 aromatic carbocycles. The fourth-order valence-electron chi connectivity index (χ4n) is 4.88. The molecule has 2 heterocycles. The topological polar surface area (TPSA) is 81.8 Å². The number of sulfonamides is 1. The van der Waals surface area contributed by atoms with Crippen LogP contribution in [0.4, 0.5) is 11.4 Å². The Morgan fingerprint density at radius 1 is 0.943 bits per heavy atom. The number of rotatable bonds is 6. The van der Waals surface area contributed by atoms with Crippen molar-refractivity contribution in [1.82, 2.24) is 9.21 Å². The molecule has 2 saturated heterocycles. The third kappa shape index (κ3) is 5.88. The molecule has 7 nitrogen and oxygen atoms in total. The Balaban J connectivity index is 1.56. The molecule has 2 fully saturated rings. The number of aryl methyl sites for hydroxylation is 1. The number of carbonyl (C=O) groups excluding carboxylic acids is 1. The Morgan fingerprint density at radius 3 is 2.23 bits per heavy atom. The van der Waals surface area contributed by atoms with E-state index >= 15 is 0 Å². The fraction of sp³-hybridized carbons (Fsp3) is 0.519. The van der Waals surface area contributed by atoms with E-state index in [4.69, 9.17) is 0 Å². The van der Waals surface area contributed by atoms with Crippen molar-refractivity contribution in [2.45, 2.75) is 57.4 Å². The van der Waals surface area contributed by atoms with Crippen LogP contribution in [0.2, 0.25) is 0 Å². The van der Waals surface area contributed by atoms with Gasteiger partial charge in [-0.3, -0.25) is 4.79 Å². The van der Waals surface area contributed by atoms with Crippen LogP contribution in [-0.4, -0.2) is 62.8 Å². The summed E-state index contributed by atoms with van der Waals surface area (Å²) in [5.41, 5.74) is 3.42. The average Bonchev–Trinajstić information content (AvgIpc) is 2.83. The predicted octanol–water partition coefficient (Wildman–Crippen LogP) is 4.48. The predicted molar refractivity (Wildman–Crippen MR) is 142 cm³/mol. The lowest BCUT2D eigenvalue weighted by atomic mass is 10.0. The van der Waals surface area contributed by atoms with E-state index in [1.54, 1.807) is 10.4 Å². The Bertz CT molecular complexity index is 1160. The van der Waals surface area contributed by atoms with Crippen molar-refractivity contribution in [3.8, 4) is 0 Å². The molecule has 0 radical (unpaired) electrons. The van der Waals surface area contributed by atoms with Gasteiger partial charge in [0.15, 0.2) is 0 Å². The number of amides is 1. The van der Waals surface area contributed by atoms with Crippen LogP contribution in [0, 0.1) is 19.8 Å². The monoisotopic (exact) mass is 498 g/mol. The minimum atomic E-state index is -3.66. The van der Waals surface area contributed by atoms with E-state index in [0.29, 0.717) is 41.9 Å². The van der Waals surface area contributed by atoms with Gasteiger partial charge in [-0.25, -0.2) is 8.42 Å². The first kappa shape index (κ1) is 25.7. The van der Waals surface area contributed by atoms with Crippen molar-refractivity contribution in [2.24, 2.45) is 5.92 Å². The quantitative estimate of drug-likeness (QED) is 0.614. The second-order valence-electron chi connectivity index (χ2n) is 10.2. The lowest BCUT2D eigenvalue weighted by molar-refractivity contribution is 0.102. The lowest BCUT2D eigenvalue weighted by Crippen LogP contribution is -2.38. The molecule has 2 N–H and O–H groups in total. The number of piperidine rings is 2. The summed E-state index contributed by atoms with van der Waals surface area (Å²) >= 11 is 0. The van der Waals surface area contributed by atoms with Crippen molar-refractivity contribution in [2.75, 3.05) is 43.9 Å². The maximum Gasteiger partial charge on any atom is 0.255 e. The summed E-state index contributed by atoms with van der Waals surface area (Å²) < 4.78 is 28.5. The summed E-state index contributed by atoms with van der Waals surface area (Å²) in [6.45, 7) is 8.97. The highest BCUT2D eigenvalue weighted by atomic mass is 32.2. The van der Waals surface area contributed by atoms with Crippen LogP contribution in [0.15, 0.2) is 41.3 Å². The Hall–Kier alpha value is -2.42. The number of hydrogen-bond donors (Lipinski definition) is 2. The van der Waals surface area contributed by atoms with Gasteiger partial charge < -0.3 is 15.5 Å². The molecule has 0 spiro atoms. The van der Waals surface area contributed by atoms with Gasteiger partial charge in [0, 0.05) is 24.7 Å². The average molecular weight is 499 g/mol.